The van der Waals surface area contributed by atoms with E-state index in [9.17, 15) is 4.79 Å². The van der Waals surface area contributed by atoms with E-state index >= 15 is 0 Å². The van der Waals surface area contributed by atoms with E-state index in [4.69, 9.17) is 4.52 Å². The molecule has 1 aliphatic heterocycles. The molecule has 3 heterocycles. The van der Waals surface area contributed by atoms with Crippen molar-refractivity contribution in [3.63, 3.8) is 0 Å². The number of amides is 2. The molecule has 1 fully saturated rings. The molecule has 0 spiro atoms. The molecule has 0 aromatic carbocycles. The fourth-order valence-electron chi connectivity index (χ4n) is 2.83. The van der Waals surface area contributed by atoms with E-state index in [1.54, 1.807) is 11.3 Å². The number of aromatic nitrogens is 2. The normalized spacial score (nSPS) is 19.5. The molecule has 0 unspecified atom stereocenters. The monoisotopic (exact) mass is 348 g/mol. The lowest BCUT2D eigenvalue weighted by atomic mass is 9.96. The lowest BCUT2D eigenvalue weighted by Gasteiger charge is -2.25. The molecule has 2 aromatic heterocycles. The fourth-order valence-corrected chi connectivity index (χ4v) is 3.71. The molecule has 3 rings (SSSR count). The third-order valence-corrected chi connectivity index (χ3v) is 5.18. The standard InChI is InChI=1S/C17H24N4O2S/c1-11(14-19-15(20-23-14)17(2,3)4)18-16(22)21-9-5-7-12(21)13-8-6-10-24-13/h6,8,10-12H,5,7,9H2,1-4H3,(H,18,22)/t11-,12-/m0/s1. The molecule has 24 heavy (non-hydrogen) atoms. The number of urea groups is 1. The van der Waals surface area contributed by atoms with Crippen molar-refractivity contribution in [1.29, 1.82) is 0 Å². The van der Waals surface area contributed by atoms with Gasteiger partial charge >= 0.3 is 6.03 Å². The maximum atomic E-state index is 12.7. The molecular formula is C17H24N4O2S. The molecule has 1 aliphatic rings. The lowest BCUT2D eigenvalue weighted by Crippen LogP contribution is -2.40. The van der Waals surface area contributed by atoms with Gasteiger partial charge in [0.2, 0.25) is 5.89 Å². The largest absolute Gasteiger partial charge is 0.337 e. The molecule has 0 bridgehead atoms. The lowest BCUT2D eigenvalue weighted by molar-refractivity contribution is 0.187. The van der Waals surface area contributed by atoms with E-state index in [0.29, 0.717) is 11.7 Å². The highest BCUT2D eigenvalue weighted by atomic mass is 32.1. The van der Waals surface area contributed by atoms with Gasteiger partial charge in [0.05, 0.1) is 6.04 Å². The van der Waals surface area contributed by atoms with Crippen molar-refractivity contribution in [3.05, 3.63) is 34.1 Å². The first kappa shape index (κ1) is 17.0. The Morgan fingerprint density at radius 2 is 2.29 bits per heavy atom. The third kappa shape index (κ3) is 3.45. The molecule has 2 aromatic rings. The Labute approximate surface area is 146 Å². The van der Waals surface area contributed by atoms with E-state index in [0.717, 1.165) is 19.4 Å². The third-order valence-electron chi connectivity index (χ3n) is 4.21. The van der Waals surface area contributed by atoms with Gasteiger partial charge in [-0.3, -0.25) is 0 Å². The summed E-state index contributed by atoms with van der Waals surface area (Å²) in [6.07, 6.45) is 2.04. The molecule has 1 N–H and O–H groups in total. The zero-order valence-corrected chi connectivity index (χ0v) is 15.4. The van der Waals surface area contributed by atoms with Gasteiger partial charge in [-0.05, 0) is 31.2 Å². The molecule has 1 saturated heterocycles. The van der Waals surface area contributed by atoms with E-state index in [2.05, 4.69) is 26.9 Å². The van der Waals surface area contributed by atoms with Gasteiger partial charge < -0.3 is 14.7 Å². The topological polar surface area (TPSA) is 71.3 Å². The summed E-state index contributed by atoms with van der Waals surface area (Å²) in [6.45, 7) is 8.73. The van der Waals surface area contributed by atoms with Gasteiger partial charge in [0, 0.05) is 16.8 Å². The molecule has 0 aliphatic carbocycles. The van der Waals surface area contributed by atoms with E-state index in [1.165, 1.54) is 4.88 Å². The Morgan fingerprint density at radius 1 is 1.50 bits per heavy atom. The minimum atomic E-state index is -0.314. The van der Waals surface area contributed by atoms with E-state index in [1.807, 2.05) is 38.7 Å². The highest BCUT2D eigenvalue weighted by molar-refractivity contribution is 7.10. The number of carbonyl (C=O) groups excluding carboxylic acids is 1. The zero-order valence-electron chi connectivity index (χ0n) is 14.6. The summed E-state index contributed by atoms with van der Waals surface area (Å²) in [6, 6.07) is 3.91. The number of thiophene rings is 1. The molecule has 2 atom stereocenters. The Balaban J connectivity index is 1.67. The van der Waals surface area contributed by atoms with Crippen molar-refractivity contribution < 1.29 is 9.32 Å². The van der Waals surface area contributed by atoms with E-state index < -0.39 is 0 Å². The van der Waals surface area contributed by atoms with Crippen molar-refractivity contribution in [2.24, 2.45) is 0 Å². The van der Waals surface area contributed by atoms with Crippen LogP contribution in [0.25, 0.3) is 0 Å². The Morgan fingerprint density at radius 3 is 2.92 bits per heavy atom. The predicted molar refractivity (Wildman–Crippen MR) is 92.9 cm³/mol. The van der Waals surface area contributed by atoms with E-state index in [-0.39, 0.29) is 23.5 Å². The summed E-state index contributed by atoms with van der Waals surface area (Å²) >= 11 is 1.70. The molecule has 0 radical (unpaired) electrons. The van der Waals surface area contributed by atoms with Crippen LogP contribution in [0.3, 0.4) is 0 Å². The van der Waals surface area contributed by atoms with Crippen LogP contribution < -0.4 is 5.32 Å². The first-order valence-electron chi connectivity index (χ1n) is 8.31. The van der Waals surface area contributed by atoms with Crippen LogP contribution in [-0.4, -0.2) is 27.6 Å². The smallest absolute Gasteiger partial charge is 0.318 e. The van der Waals surface area contributed by atoms with Crippen LogP contribution in [0.2, 0.25) is 0 Å². The molecule has 7 heteroatoms. The number of rotatable bonds is 3. The Kier molecular flexibility index (Phi) is 4.62. The maximum absolute atomic E-state index is 12.7. The second-order valence-electron chi connectivity index (χ2n) is 7.24. The summed E-state index contributed by atoms with van der Waals surface area (Å²) in [5.41, 5.74) is -0.176. The first-order chi connectivity index (χ1) is 11.4. The number of likely N-dealkylation sites (tertiary alicyclic amines) is 1. The summed E-state index contributed by atoms with van der Waals surface area (Å²) in [7, 11) is 0. The molecular weight excluding hydrogens is 324 g/mol. The fraction of sp³-hybridized carbons (Fsp3) is 0.588. The number of hydrogen-bond donors (Lipinski definition) is 1. The van der Waals surface area contributed by atoms with Gasteiger partial charge in [-0.25, -0.2) is 4.79 Å². The van der Waals surface area contributed by atoms with Crippen LogP contribution in [-0.2, 0) is 5.41 Å². The van der Waals surface area contributed by atoms with Gasteiger partial charge in [0.1, 0.15) is 6.04 Å². The van der Waals surface area contributed by atoms with Gasteiger partial charge in [-0.1, -0.05) is 32.0 Å². The average Bonchev–Trinajstić information content (AvgIpc) is 3.25. The van der Waals surface area contributed by atoms with Crippen LogP contribution in [0.1, 0.15) is 69.2 Å². The van der Waals surface area contributed by atoms with Crippen LogP contribution in [0.4, 0.5) is 4.79 Å². The number of nitrogens with zero attached hydrogens (tertiary/aromatic N) is 3. The van der Waals surface area contributed by atoms with Crippen molar-refractivity contribution in [1.82, 2.24) is 20.4 Å². The first-order valence-corrected chi connectivity index (χ1v) is 9.19. The van der Waals surface area contributed by atoms with Crippen molar-refractivity contribution in [3.8, 4) is 0 Å². The van der Waals surface area contributed by atoms with Crippen LogP contribution in [0, 0.1) is 0 Å². The van der Waals surface area contributed by atoms with Gasteiger partial charge in [0.25, 0.3) is 0 Å². The molecule has 2 amide bonds. The number of nitrogens with one attached hydrogen (secondary N) is 1. The van der Waals surface area contributed by atoms with Gasteiger partial charge in [-0.15, -0.1) is 11.3 Å². The summed E-state index contributed by atoms with van der Waals surface area (Å²) in [5.74, 6) is 1.09. The molecule has 130 valence electrons. The Bertz CT molecular complexity index is 690. The second kappa shape index (κ2) is 6.55. The summed E-state index contributed by atoms with van der Waals surface area (Å²) in [4.78, 5) is 20.2. The summed E-state index contributed by atoms with van der Waals surface area (Å²) < 4.78 is 5.32. The van der Waals surface area contributed by atoms with Crippen molar-refractivity contribution >= 4 is 17.4 Å². The number of hydrogen-bond acceptors (Lipinski definition) is 5. The van der Waals surface area contributed by atoms with Crippen molar-refractivity contribution in [2.75, 3.05) is 6.54 Å². The maximum Gasteiger partial charge on any atom is 0.318 e. The zero-order chi connectivity index (χ0) is 17.3. The number of carbonyl (C=O) groups is 1. The van der Waals surface area contributed by atoms with Crippen LogP contribution in [0.15, 0.2) is 22.0 Å². The SMILES string of the molecule is C[C@H](NC(=O)N1CCC[C@H]1c1cccs1)c1nc(C(C)(C)C)no1. The average molecular weight is 348 g/mol. The van der Waals surface area contributed by atoms with Gasteiger partial charge in [0.15, 0.2) is 5.82 Å². The predicted octanol–water partition coefficient (Wildman–Crippen LogP) is 4.04. The van der Waals surface area contributed by atoms with Crippen molar-refractivity contribution in [2.45, 2.75) is 58.0 Å². The molecule has 6 nitrogen and oxygen atoms in total. The summed E-state index contributed by atoms with van der Waals surface area (Å²) in [5, 5.41) is 9.06. The quantitative estimate of drug-likeness (QED) is 0.909. The Hall–Kier alpha value is -1.89. The van der Waals surface area contributed by atoms with Crippen LogP contribution in [0.5, 0.6) is 0 Å². The highest BCUT2D eigenvalue weighted by Gasteiger charge is 2.32. The molecule has 0 saturated carbocycles. The minimum absolute atomic E-state index is 0.0751. The minimum Gasteiger partial charge on any atom is -0.337 e. The van der Waals surface area contributed by atoms with Gasteiger partial charge in [-0.2, -0.15) is 4.98 Å². The highest BCUT2D eigenvalue weighted by Crippen LogP contribution is 2.34. The second-order valence-corrected chi connectivity index (χ2v) is 8.22. The van der Waals surface area contributed by atoms with Crippen LogP contribution >= 0.6 is 11.3 Å².